The molecular formula is C18H23F3N2O3. The van der Waals surface area contributed by atoms with Gasteiger partial charge >= 0.3 is 6.36 Å². The van der Waals surface area contributed by atoms with Crippen LogP contribution in [0.15, 0.2) is 24.3 Å². The molecule has 0 N–H and O–H groups in total. The minimum atomic E-state index is -4.67. The van der Waals surface area contributed by atoms with Gasteiger partial charge in [0.2, 0.25) is 5.91 Å². The van der Waals surface area contributed by atoms with Crippen LogP contribution >= 0.6 is 0 Å². The number of piperidine rings is 1. The molecule has 0 unspecified atom stereocenters. The maximum Gasteiger partial charge on any atom is 0.573 e. The minimum absolute atomic E-state index is 0.0620. The molecule has 8 heteroatoms. The highest BCUT2D eigenvalue weighted by atomic mass is 19.4. The van der Waals surface area contributed by atoms with Gasteiger partial charge in [-0.2, -0.15) is 0 Å². The number of nitrogens with zero attached hydrogens (tertiary/aromatic N) is 2. The maximum atomic E-state index is 12.5. The Bertz CT molecular complexity index is 593. The van der Waals surface area contributed by atoms with Crippen molar-refractivity contribution in [2.45, 2.75) is 25.7 Å². The highest BCUT2D eigenvalue weighted by Gasteiger charge is 2.31. The standard InChI is InChI=1S/C18H23F3N2O3/c19-18(20,21)26-16-3-1-14(2-4-16)13-22-7-5-15(6-8-22)17(24)23-9-11-25-12-10-23/h1-4,15H,5-13H2. The SMILES string of the molecule is O=C(C1CCN(Cc2ccc(OC(F)(F)F)cc2)CC1)N1CCOCC1. The second kappa shape index (κ2) is 8.26. The van der Waals surface area contributed by atoms with Crippen LogP contribution in [0.25, 0.3) is 0 Å². The van der Waals surface area contributed by atoms with Crippen LogP contribution in [0.3, 0.4) is 0 Å². The van der Waals surface area contributed by atoms with Gasteiger partial charge < -0.3 is 14.4 Å². The molecule has 2 aliphatic rings. The summed E-state index contributed by atoms with van der Waals surface area (Å²) in [6, 6.07) is 5.95. The lowest BCUT2D eigenvalue weighted by molar-refractivity contribution is -0.274. The molecule has 1 amide bonds. The van der Waals surface area contributed by atoms with Crippen molar-refractivity contribution in [2.75, 3.05) is 39.4 Å². The van der Waals surface area contributed by atoms with Gasteiger partial charge in [0.05, 0.1) is 13.2 Å². The van der Waals surface area contributed by atoms with Gasteiger partial charge in [0.15, 0.2) is 0 Å². The Morgan fingerprint density at radius 3 is 2.27 bits per heavy atom. The Hall–Kier alpha value is -1.80. The molecule has 1 aromatic carbocycles. The number of halogens is 3. The quantitative estimate of drug-likeness (QED) is 0.815. The number of benzene rings is 1. The van der Waals surface area contributed by atoms with E-state index in [9.17, 15) is 18.0 Å². The van der Waals surface area contributed by atoms with Crippen molar-refractivity contribution in [3.8, 4) is 5.75 Å². The molecule has 0 spiro atoms. The molecular weight excluding hydrogens is 349 g/mol. The van der Waals surface area contributed by atoms with Crippen LogP contribution in [0.4, 0.5) is 13.2 Å². The first-order valence-electron chi connectivity index (χ1n) is 8.84. The van der Waals surface area contributed by atoms with Gasteiger partial charge in [-0.3, -0.25) is 9.69 Å². The fourth-order valence-electron chi connectivity index (χ4n) is 3.43. The number of hydrogen-bond acceptors (Lipinski definition) is 4. The number of amides is 1. The number of carbonyl (C=O) groups excluding carboxylic acids is 1. The Balaban J connectivity index is 1.45. The van der Waals surface area contributed by atoms with Crippen LogP contribution < -0.4 is 4.74 Å². The summed E-state index contributed by atoms with van der Waals surface area (Å²) < 4.78 is 45.7. The van der Waals surface area contributed by atoms with Gasteiger partial charge in [0.1, 0.15) is 5.75 Å². The average molecular weight is 372 g/mol. The van der Waals surface area contributed by atoms with E-state index in [1.807, 2.05) is 4.90 Å². The highest BCUT2D eigenvalue weighted by Crippen LogP contribution is 2.25. The molecule has 3 rings (SSSR count). The van der Waals surface area contributed by atoms with Crippen molar-refractivity contribution in [3.63, 3.8) is 0 Å². The molecule has 0 radical (unpaired) electrons. The maximum absolute atomic E-state index is 12.5. The largest absolute Gasteiger partial charge is 0.573 e. The highest BCUT2D eigenvalue weighted by molar-refractivity contribution is 5.79. The fourth-order valence-corrected chi connectivity index (χ4v) is 3.43. The number of hydrogen-bond donors (Lipinski definition) is 0. The van der Waals surface area contributed by atoms with E-state index in [2.05, 4.69) is 9.64 Å². The molecule has 2 heterocycles. The zero-order valence-corrected chi connectivity index (χ0v) is 14.5. The van der Waals surface area contributed by atoms with Crippen molar-refractivity contribution in [3.05, 3.63) is 29.8 Å². The molecule has 2 saturated heterocycles. The van der Waals surface area contributed by atoms with E-state index >= 15 is 0 Å². The van der Waals surface area contributed by atoms with Gasteiger partial charge in [-0.1, -0.05) is 12.1 Å². The van der Waals surface area contributed by atoms with Gasteiger partial charge in [-0.25, -0.2) is 0 Å². The molecule has 0 aliphatic carbocycles. The summed E-state index contributed by atoms with van der Waals surface area (Å²) in [4.78, 5) is 16.6. The number of alkyl halides is 3. The fraction of sp³-hybridized carbons (Fsp3) is 0.611. The summed E-state index contributed by atoms with van der Waals surface area (Å²) >= 11 is 0. The summed E-state index contributed by atoms with van der Waals surface area (Å²) in [7, 11) is 0. The van der Waals surface area contributed by atoms with E-state index in [0.29, 0.717) is 32.8 Å². The number of carbonyl (C=O) groups is 1. The Kier molecular flexibility index (Phi) is 6.03. The zero-order chi connectivity index (χ0) is 18.6. The van der Waals surface area contributed by atoms with Crippen molar-refractivity contribution in [1.82, 2.24) is 9.80 Å². The molecule has 2 aliphatic heterocycles. The molecule has 0 bridgehead atoms. The molecule has 0 atom stereocenters. The lowest BCUT2D eigenvalue weighted by Crippen LogP contribution is -2.46. The number of likely N-dealkylation sites (tertiary alicyclic amines) is 1. The molecule has 2 fully saturated rings. The third-order valence-corrected chi connectivity index (χ3v) is 4.82. The monoisotopic (exact) mass is 372 g/mol. The van der Waals surface area contributed by atoms with Crippen molar-refractivity contribution >= 4 is 5.91 Å². The first kappa shape index (κ1) is 19.0. The second-order valence-electron chi connectivity index (χ2n) is 6.68. The summed E-state index contributed by atoms with van der Waals surface area (Å²) in [5.74, 6) is 0.0737. The second-order valence-corrected chi connectivity index (χ2v) is 6.68. The minimum Gasteiger partial charge on any atom is -0.406 e. The van der Waals surface area contributed by atoms with E-state index in [1.165, 1.54) is 12.1 Å². The topological polar surface area (TPSA) is 42.0 Å². The Morgan fingerprint density at radius 2 is 1.69 bits per heavy atom. The van der Waals surface area contributed by atoms with E-state index in [1.54, 1.807) is 12.1 Å². The molecule has 1 aromatic rings. The normalized spacial score (nSPS) is 20.2. The summed E-state index contributed by atoms with van der Waals surface area (Å²) in [5.41, 5.74) is 0.928. The predicted octanol–water partition coefficient (Wildman–Crippen LogP) is 2.66. The van der Waals surface area contributed by atoms with Gasteiger partial charge in [0, 0.05) is 25.6 Å². The molecule has 26 heavy (non-hydrogen) atoms. The van der Waals surface area contributed by atoms with Crippen LogP contribution in [0, 0.1) is 5.92 Å². The van der Waals surface area contributed by atoms with E-state index < -0.39 is 6.36 Å². The van der Waals surface area contributed by atoms with Gasteiger partial charge in [-0.05, 0) is 43.6 Å². The smallest absolute Gasteiger partial charge is 0.406 e. The van der Waals surface area contributed by atoms with Crippen molar-refractivity contribution in [1.29, 1.82) is 0 Å². The Labute approximate surface area is 150 Å². The third-order valence-electron chi connectivity index (χ3n) is 4.82. The summed E-state index contributed by atoms with van der Waals surface area (Å²) in [6.07, 6.45) is -3.05. The lowest BCUT2D eigenvalue weighted by atomic mass is 9.94. The molecule has 5 nitrogen and oxygen atoms in total. The first-order chi connectivity index (χ1) is 12.4. The van der Waals surface area contributed by atoms with Gasteiger partial charge in [0.25, 0.3) is 0 Å². The number of ether oxygens (including phenoxy) is 2. The first-order valence-corrected chi connectivity index (χ1v) is 8.84. The zero-order valence-electron chi connectivity index (χ0n) is 14.5. The third kappa shape index (κ3) is 5.35. The van der Waals surface area contributed by atoms with Crippen LogP contribution in [-0.4, -0.2) is 61.5 Å². The lowest BCUT2D eigenvalue weighted by Gasteiger charge is -2.35. The van der Waals surface area contributed by atoms with E-state index in [4.69, 9.17) is 4.74 Å². The number of morpholine rings is 1. The van der Waals surface area contributed by atoms with Crippen LogP contribution in [-0.2, 0) is 16.1 Å². The average Bonchev–Trinajstić information content (AvgIpc) is 2.63. The van der Waals surface area contributed by atoms with Gasteiger partial charge in [-0.15, -0.1) is 13.2 Å². The van der Waals surface area contributed by atoms with Crippen LogP contribution in [0.5, 0.6) is 5.75 Å². The van der Waals surface area contributed by atoms with Crippen LogP contribution in [0.2, 0.25) is 0 Å². The number of rotatable bonds is 4. The summed E-state index contributed by atoms with van der Waals surface area (Å²) in [5, 5.41) is 0. The molecule has 0 saturated carbocycles. The predicted molar refractivity (Wildman–Crippen MR) is 88.5 cm³/mol. The molecule has 144 valence electrons. The summed E-state index contributed by atoms with van der Waals surface area (Å²) in [6.45, 7) is 4.84. The van der Waals surface area contributed by atoms with Crippen molar-refractivity contribution in [2.24, 2.45) is 5.92 Å². The Morgan fingerprint density at radius 1 is 1.08 bits per heavy atom. The van der Waals surface area contributed by atoms with Crippen LogP contribution in [0.1, 0.15) is 18.4 Å². The van der Waals surface area contributed by atoms with Crippen molar-refractivity contribution < 1.29 is 27.4 Å². The molecule has 0 aromatic heterocycles. The van der Waals surface area contributed by atoms with E-state index in [-0.39, 0.29) is 17.6 Å². The van der Waals surface area contributed by atoms with E-state index in [0.717, 1.165) is 31.5 Å².